The van der Waals surface area contributed by atoms with E-state index in [4.69, 9.17) is 0 Å². The van der Waals surface area contributed by atoms with Gasteiger partial charge in [0.25, 0.3) is 0 Å². The third-order valence-electron chi connectivity index (χ3n) is 2.85. The molecule has 0 fully saturated rings. The van der Waals surface area contributed by atoms with Crippen LogP contribution in [0, 0.1) is 6.20 Å². The lowest BCUT2D eigenvalue weighted by Crippen LogP contribution is -2.03. The Hall–Kier alpha value is -2.83. The van der Waals surface area contributed by atoms with Crippen molar-refractivity contribution < 1.29 is 4.79 Å². The number of carbonyl (C=O) groups excluding carboxylic acids is 1. The van der Waals surface area contributed by atoms with Gasteiger partial charge < -0.3 is 4.57 Å². The quantitative estimate of drug-likeness (QED) is 0.651. The van der Waals surface area contributed by atoms with Crippen molar-refractivity contribution in [2.24, 2.45) is 7.05 Å². The zero-order chi connectivity index (χ0) is 13.9. The molecule has 2 aromatic heterocycles. The van der Waals surface area contributed by atoms with Gasteiger partial charge in [0.2, 0.25) is 5.82 Å². The molecule has 20 heavy (non-hydrogen) atoms. The van der Waals surface area contributed by atoms with Crippen LogP contribution in [0.2, 0.25) is 0 Å². The number of aldehydes is 1. The minimum Gasteiger partial charge on any atom is -0.316 e. The van der Waals surface area contributed by atoms with Gasteiger partial charge in [0, 0.05) is 12.1 Å². The summed E-state index contributed by atoms with van der Waals surface area (Å²) < 4.78 is 1.67. The maximum absolute atomic E-state index is 10.8. The van der Waals surface area contributed by atoms with E-state index < -0.39 is 0 Å². The Morgan fingerprint density at radius 1 is 1.30 bits per heavy atom. The minimum atomic E-state index is 0.365. The van der Waals surface area contributed by atoms with Crippen molar-refractivity contribution >= 4 is 6.29 Å². The first-order chi connectivity index (χ1) is 9.76. The van der Waals surface area contributed by atoms with E-state index >= 15 is 0 Å². The summed E-state index contributed by atoms with van der Waals surface area (Å²) in [5.41, 5.74) is 1.93. The summed E-state index contributed by atoms with van der Waals surface area (Å²) in [5, 5.41) is 11.9. The van der Waals surface area contributed by atoms with E-state index in [0.29, 0.717) is 24.5 Å². The van der Waals surface area contributed by atoms with Gasteiger partial charge in [0.05, 0.1) is 19.4 Å². The van der Waals surface area contributed by atoms with Crippen molar-refractivity contribution in [3.63, 3.8) is 0 Å². The number of aromatic nitrogens is 6. The lowest BCUT2D eigenvalue weighted by molar-refractivity contribution is 0.111. The van der Waals surface area contributed by atoms with Crippen LogP contribution in [-0.4, -0.2) is 36.0 Å². The van der Waals surface area contributed by atoms with Crippen LogP contribution < -0.4 is 0 Å². The van der Waals surface area contributed by atoms with Crippen molar-refractivity contribution in [2.45, 2.75) is 6.54 Å². The van der Waals surface area contributed by atoms with Crippen LogP contribution in [0.15, 0.2) is 30.5 Å². The third kappa shape index (κ3) is 2.33. The van der Waals surface area contributed by atoms with Crippen molar-refractivity contribution in [1.29, 1.82) is 0 Å². The van der Waals surface area contributed by atoms with Crippen LogP contribution in [-0.2, 0) is 13.6 Å². The highest BCUT2D eigenvalue weighted by atomic mass is 16.1. The third-order valence-corrected chi connectivity index (χ3v) is 2.85. The van der Waals surface area contributed by atoms with Crippen molar-refractivity contribution in [1.82, 2.24) is 29.8 Å². The summed E-state index contributed by atoms with van der Waals surface area (Å²) in [6.45, 7) is 0.544. The highest BCUT2D eigenvalue weighted by Crippen LogP contribution is 2.15. The van der Waals surface area contributed by atoms with Crippen LogP contribution in [0.1, 0.15) is 16.2 Å². The van der Waals surface area contributed by atoms with Gasteiger partial charge in [-0.2, -0.15) is 4.80 Å². The molecule has 0 saturated carbocycles. The van der Waals surface area contributed by atoms with Gasteiger partial charge in [-0.3, -0.25) is 4.79 Å². The van der Waals surface area contributed by atoms with E-state index in [2.05, 4.69) is 26.6 Å². The average molecular weight is 267 g/mol. The lowest BCUT2D eigenvalue weighted by atomic mass is 10.1. The summed E-state index contributed by atoms with van der Waals surface area (Å²) in [6, 6.07) is 7.75. The molecule has 0 spiro atoms. The Kier molecular flexibility index (Phi) is 3.08. The van der Waals surface area contributed by atoms with Gasteiger partial charge in [-0.25, -0.2) is 4.98 Å². The Balaban J connectivity index is 1.81. The SMILES string of the molecule is Cn1nnc(-c2ccc(Cn3[c]cnc3C=O)cc2)n1. The standard InChI is InChI=1S/C13H11N6O/c1-18-16-13(15-17-18)11-4-2-10(3-5-11)8-19-7-6-14-12(19)9-20/h2-6,9H,8H2,1H3. The van der Waals surface area contributed by atoms with Gasteiger partial charge in [0.1, 0.15) is 0 Å². The molecule has 0 unspecified atom stereocenters. The van der Waals surface area contributed by atoms with E-state index in [1.807, 2.05) is 24.3 Å². The fourth-order valence-electron chi connectivity index (χ4n) is 1.86. The molecule has 0 bridgehead atoms. The number of carbonyl (C=O) groups is 1. The van der Waals surface area contributed by atoms with Crippen molar-refractivity contribution in [3.05, 3.63) is 48.0 Å². The first-order valence-electron chi connectivity index (χ1n) is 5.98. The van der Waals surface area contributed by atoms with Crippen LogP contribution in [0.25, 0.3) is 11.4 Å². The van der Waals surface area contributed by atoms with Crippen LogP contribution in [0.4, 0.5) is 0 Å². The molecule has 1 radical (unpaired) electrons. The molecule has 0 N–H and O–H groups in total. The van der Waals surface area contributed by atoms with Crippen molar-refractivity contribution in [2.75, 3.05) is 0 Å². The topological polar surface area (TPSA) is 78.5 Å². The van der Waals surface area contributed by atoms with Crippen molar-refractivity contribution in [3.8, 4) is 11.4 Å². The maximum Gasteiger partial charge on any atom is 0.204 e. The normalized spacial score (nSPS) is 10.7. The smallest absolute Gasteiger partial charge is 0.204 e. The second-order valence-electron chi connectivity index (χ2n) is 4.25. The molecule has 3 aromatic rings. The Labute approximate surface area is 114 Å². The Bertz CT molecular complexity index is 727. The zero-order valence-electron chi connectivity index (χ0n) is 10.8. The molecule has 0 amide bonds. The summed E-state index contributed by atoms with van der Waals surface area (Å²) in [4.78, 5) is 16.1. The van der Waals surface area contributed by atoms with Gasteiger partial charge in [-0.05, 0) is 10.8 Å². The number of hydrogen-bond acceptors (Lipinski definition) is 5. The number of rotatable bonds is 4. The van der Waals surface area contributed by atoms with Crippen LogP contribution in [0.5, 0.6) is 0 Å². The minimum absolute atomic E-state index is 0.365. The molecular weight excluding hydrogens is 256 g/mol. The molecule has 0 atom stereocenters. The summed E-state index contributed by atoms with van der Waals surface area (Å²) in [5.74, 6) is 0.950. The summed E-state index contributed by atoms with van der Waals surface area (Å²) >= 11 is 0. The number of aryl methyl sites for hydroxylation is 1. The summed E-state index contributed by atoms with van der Waals surface area (Å²) in [7, 11) is 1.72. The number of hydrogen-bond donors (Lipinski definition) is 0. The molecule has 0 saturated heterocycles. The first-order valence-corrected chi connectivity index (χ1v) is 5.98. The molecule has 7 heteroatoms. The van der Waals surface area contributed by atoms with Crippen LogP contribution >= 0.6 is 0 Å². The van der Waals surface area contributed by atoms with E-state index in [1.54, 1.807) is 11.6 Å². The molecule has 99 valence electrons. The number of imidazole rings is 1. The Morgan fingerprint density at radius 3 is 2.75 bits per heavy atom. The van der Waals surface area contributed by atoms with E-state index in [0.717, 1.165) is 11.1 Å². The molecule has 3 rings (SSSR count). The largest absolute Gasteiger partial charge is 0.316 e. The van der Waals surface area contributed by atoms with E-state index in [-0.39, 0.29) is 0 Å². The van der Waals surface area contributed by atoms with Gasteiger partial charge in [0.15, 0.2) is 12.1 Å². The predicted molar refractivity (Wildman–Crippen MR) is 69.8 cm³/mol. The second kappa shape index (κ2) is 5.04. The molecule has 0 aliphatic carbocycles. The fraction of sp³-hybridized carbons (Fsp3) is 0.154. The molecule has 2 heterocycles. The number of benzene rings is 1. The highest BCUT2D eigenvalue weighted by molar-refractivity contribution is 5.69. The number of tetrazole rings is 1. The van der Waals surface area contributed by atoms with Crippen LogP contribution in [0.3, 0.4) is 0 Å². The van der Waals surface area contributed by atoms with Gasteiger partial charge >= 0.3 is 0 Å². The predicted octanol–water partition coefficient (Wildman–Crippen LogP) is 0.735. The summed E-state index contributed by atoms with van der Waals surface area (Å²) in [6.07, 6.45) is 5.10. The second-order valence-corrected chi connectivity index (χ2v) is 4.25. The average Bonchev–Trinajstić information content (AvgIpc) is 3.08. The monoisotopic (exact) mass is 267 g/mol. The molecular formula is C13H11N6O. The Morgan fingerprint density at radius 2 is 2.10 bits per heavy atom. The molecule has 1 aromatic carbocycles. The zero-order valence-corrected chi connectivity index (χ0v) is 10.8. The highest BCUT2D eigenvalue weighted by Gasteiger charge is 2.06. The fourth-order valence-corrected chi connectivity index (χ4v) is 1.86. The van der Waals surface area contributed by atoms with Gasteiger partial charge in [-0.1, -0.05) is 24.3 Å². The number of nitrogens with zero attached hydrogens (tertiary/aromatic N) is 6. The lowest BCUT2D eigenvalue weighted by Gasteiger charge is -2.04. The van der Waals surface area contributed by atoms with E-state index in [1.165, 1.54) is 11.0 Å². The molecule has 0 aliphatic rings. The molecule has 0 aliphatic heterocycles. The maximum atomic E-state index is 10.8. The van der Waals surface area contributed by atoms with Gasteiger partial charge in [-0.15, -0.1) is 10.2 Å². The first kappa shape index (κ1) is 12.2. The molecule has 7 nitrogen and oxygen atoms in total. The van der Waals surface area contributed by atoms with E-state index in [9.17, 15) is 4.79 Å².